The van der Waals surface area contributed by atoms with Gasteiger partial charge in [0, 0.05) is 17.6 Å². The highest BCUT2D eigenvalue weighted by Crippen LogP contribution is 2.17. The maximum absolute atomic E-state index is 13.0. The Bertz CT molecular complexity index is 398. The Balaban J connectivity index is 2.61. The van der Waals surface area contributed by atoms with E-state index in [2.05, 4.69) is 21.2 Å². The Labute approximate surface area is 108 Å². The molecular weight excluding hydrogens is 289 g/mol. The van der Waals surface area contributed by atoms with E-state index >= 15 is 0 Å². The van der Waals surface area contributed by atoms with Crippen LogP contribution in [-0.4, -0.2) is 24.2 Å². The summed E-state index contributed by atoms with van der Waals surface area (Å²) in [6, 6.07) is 3.98. The molecule has 1 amide bonds. The first-order valence-corrected chi connectivity index (χ1v) is 6.18. The summed E-state index contributed by atoms with van der Waals surface area (Å²) in [5.74, 6) is -0.570. The molecule has 2 N–H and O–H groups in total. The number of aliphatic hydroxyl groups is 1. The maximum atomic E-state index is 13.0. The largest absolute Gasteiger partial charge is 0.396 e. The number of aliphatic hydroxyl groups excluding tert-OH is 1. The molecule has 0 aromatic heterocycles. The fourth-order valence-corrected chi connectivity index (χ4v) is 1.78. The van der Waals surface area contributed by atoms with Gasteiger partial charge >= 0.3 is 0 Å². The Morgan fingerprint density at radius 3 is 2.94 bits per heavy atom. The Kier molecular flexibility index (Phi) is 5.58. The van der Waals surface area contributed by atoms with Gasteiger partial charge < -0.3 is 10.4 Å². The van der Waals surface area contributed by atoms with E-state index < -0.39 is 5.82 Å². The summed E-state index contributed by atoms with van der Waals surface area (Å²) in [5.41, 5.74) is 0.279. The van der Waals surface area contributed by atoms with Crippen LogP contribution in [-0.2, 0) is 0 Å². The lowest BCUT2D eigenvalue weighted by atomic mass is 10.1. The second kappa shape index (κ2) is 6.71. The molecule has 1 atom stereocenters. The molecule has 0 aliphatic rings. The molecule has 0 fully saturated rings. The van der Waals surface area contributed by atoms with Crippen LogP contribution >= 0.6 is 15.9 Å². The summed E-state index contributed by atoms with van der Waals surface area (Å²) < 4.78 is 13.6. The smallest absolute Gasteiger partial charge is 0.252 e. The van der Waals surface area contributed by atoms with Crippen molar-refractivity contribution in [2.24, 2.45) is 5.92 Å². The molecule has 0 heterocycles. The molecule has 0 saturated heterocycles. The van der Waals surface area contributed by atoms with E-state index in [1.165, 1.54) is 18.2 Å². The first-order valence-electron chi connectivity index (χ1n) is 5.38. The van der Waals surface area contributed by atoms with Gasteiger partial charge in [0.1, 0.15) is 5.82 Å². The van der Waals surface area contributed by atoms with E-state index in [-0.39, 0.29) is 24.0 Å². The minimum absolute atomic E-state index is 0.0979. The molecule has 3 nitrogen and oxygen atoms in total. The average molecular weight is 304 g/mol. The molecule has 5 heteroatoms. The highest BCUT2D eigenvalue weighted by atomic mass is 79.9. The third-order valence-corrected chi connectivity index (χ3v) is 3.10. The Hall–Kier alpha value is -0.940. The van der Waals surface area contributed by atoms with Crippen LogP contribution in [0.1, 0.15) is 23.7 Å². The van der Waals surface area contributed by atoms with Crippen molar-refractivity contribution in [3.8, 4) is 0 Å². The normalized spacial score (nSPS) is 12.2. The Morgan fingerprint density at radius 2 is 2.29 bits per heavy atom. The lowest BCUT2D eigenvalue weighted by molar-refractivity contribution is 0.0944. The number of hydrogen-bond donors (Lipinski definition) is 2. The minimum atomic E-state index is -0.443. The number of rotatable bonds is 5. The maximum Gasteiger partial charge on any atom is 0.252 e. The molecule has 0 spiro atoms. The van der Waals surface area contributed by atoms with E-state index in [0.29, 0.717) is 17.4 Å². The van der Waals surface area contributed by atoms with Crippen molar-refractivity contribution >= 4 is 21.8 Å². The van der Waals surface area contributed by atoms with Crippen molar-refractivity contribution < 1.29 is 14.3 Å². The molecule has 1 aromatic rings. The first kappa shape index (κ1) is 14.1. The van der Waals surface area contributed by atoms with Crippen LogP contribution in [0, 0.1) is 11.7 Å². The third-order valence-electron chi connectivity index (χ3n) is 2.41. The number of amides is 1. The summed E-state index contributed by atoms with van der Waals surface area (Å²) in [7, 11) is 0. The van der Waals surface area contributed by atoms with E-state index in [1.54, 1.807) is 0 Å². The van der Waals surface area contributed by atoms with Crippen LogP contribution in [0.4, 0.5) is 4.39 Å². The van der Waals surface area contributed by atoms with Gasteiger partial charge in [0.25, 0.3) is 5.91 Å². The van der Waals surface area contributed by atoms with Crippen LogP contribution in [0.15, 0.2) is 22.7 Å². The number of benzene rings is 1. The summed E-state index contributed by atoms with van der Waals surface area (Å²) in [4.78, 5) is 11.8. The van der Waals surface area contributed by atoms with Gasteiger partial charge in [-0.3, -0.25) is 4.79 Å². The first-order chi connectivity index (χ1) is 8.04. The molecule has 1 unspecified atom stereocenters. The second-order valence-electron chi connectivity index (χ2n) is 3.95. The molecular formula is C12H15BrFNO2. The molecule has 0 radical (unpaired) electrons. The van der Waals surface area contributed by atoms with Crippen molar-refractivity contribution in [1.29, 1.82) is 0 Å². The molecule has 0 aliphatic carbocycles. The molecule has 0 saturated carbocycles. The predicted octanol–water partition coefficient (Wildman–Crippen LogP) is 2.34. The zero-order valence-electron chi connectivity index (χ0n) is 9.54. The Morgan fingerprint density at radius 1 is 1.59 bits per heavy atom. The van der Waals surface area contributed by atoms with Gasteiger partial charge in [-0.2, -0.15) is 0 Å². The number of halogens is 2. The van der Waals surface area contributed by atoms with Gasteiger partial charge in [-0.15, -0.1) is 0 Å². The van der Waals surface area contributed by atoms with Crippen LogP contribution in [0.5, 0.6) is 0 Å². The quantitative estimate of drug-likeness (QED) is 0.877. The summed E-state index contributed by atoms with van der Waals surface area (Å²) in [6.45, 7) is 2.49. The van der Waals surface area contributed by atoms with E-state index in [4.69, 9.17) is 5.11 Å². The lowest BCUT2D eigenvalue weighted by Gasteiger charge is -2.11. The van der Waals surface area contributed by atoms with Crippen LogP contribution in [0.2, 0.25) is 0 Å². The van der Waals surface area contributed by atoms with E-state index in [0.717, 1.165) is 0 Å². The van der Waals surface area contributed by atoms with Gasteiger partial charge in [-0.05, 0) is 46.5 Å². The van der Waals surface area contributed by atoms with Crippen molar-refractivity contribution in [2.45, 2.75) is 13.3 Å². The summed E-state index contributed by atoms with van der Waals surface area (Å²) in [5, 5.41) is 11.4. The van der Waals surface area contributed by atoms with Crippen molar-refractivity contribution in [3.63, 3.8) is 0 Å². The van der Waals surface area contributed by atoms with Crippen LogP contribution in [0.25, 0.3) is 0 Å². The van der Waals surface area contributed by atoms with Crippen LogP contribution < -0.4 is 5.32 Å². The average Bonchev–Trinajstić information content (AvgIpc) is 2.29. The van der Waals surface area contributed by atoms with E-state index in [1.807, 2.05) is 6.92 Å². The zero-order valence-corrected chi connectivity index (χ0v) is 11.1. The van der Waals surface area contributed by atoms with Gasteiger partial charge in [0.2, 0.25) is 0 Å². The van der Waals surface area contributed by atoms with E-state index in [9.17, 15) is 9.18 Å². The molecule has 94 valence electrons. The van der Waals surface area contributed by atoms with Gasteiger partial charge in [0.05, 0.1) is 5.56 Å². The number of nitrogens with one attached hydrogen (secondary N) is 1. The van der Waals surface area contributed by atoms with Crippen LogP contribution in [0.3, 0.4) is 0 Å². The summed E-state index contributed by atoms with van der Waals surface area (Å²) in [6.07, 6.45) is 0.630. The number of carbonyl (C=O) groups is 1. The monoisotopic (exact) mass is 303 g/mol. The molecule has 0 bridgehead atoms. The lowest BCUT2D eigenvalue weighted by Crippen LogP contribution is -2.29. The van der Waals surface area contributed by atoms with Crippen molar-refractivity contribution in [3.05, 3.63) is 34.1 Å². The fraction of sp³-hybridized carbons (Fsp3) is 0.417. The van der Waals surface area contributed by atoms with Gasteiger partial charge in [-0.1, -0.05) is 6.92 Å². The topological polar surface area (TPSA) is 49.3 Å². The second-order valence-corrected chi connectivity index (χ2v) is 4.81. The molecule has 17 heavy (non-hydrogen) atoms. The summed E-state index contributed by atoms with van der Waals surface area (Å²) >= 11 is 3.20. The zero-order chi connectivity index (χ0) is 12.8. The number of hydrogen-bond acceptors (Lipinski definition) is 2. The SMILES string of the molecule is CC(CCO)CNC(=O)c1cc(F)ccc1Br. The minimum Gasteiger partial charge on any atom is -0.396 e. The van der Waals surface area contributed by atoms with Crippen molar-refractivity contribution in [1.82, 2.24) is 5.32 Å². The van der Waals surface area contributed by atoms with Gasteiger partial charge in [0.15, 0.2) is 0 Å². The highest BCUT2D eigenvalue weighted by Gasteiger charge is 2.11. The molecule has 0 aliphatic heterocycles. The van der Waals surface area contributed by atoms with Gasteiger partial charge in [-0.25, -0.2) is 4.39 Å². The predicted molar refractivity (Wildman–Crippen MR) is 67.3 cm³/mol. The number of carbonyl (C=O) groups excluding carboxylic acids is 1. The third kappa shape index (κ3) is 4.44. The molecule has 1 aromatic carbocycles. The van der Waals surface area contributed by atoms with Crippen molar-refractivity contribution in [2.75, 3.05) is 13.2 Å². The molecule has 1 rings (SSSR count). The standard InChI is InChI=1S/C12H15BrFNO2/c1-8(4-5-16)7-15-12(17)10-6-9(14)2-3-11(10)13/h2-3,6,8,16H,4-5,7H2,1H3,(H,15,17). The fourth-order valence-electron chi connectivity index (χ4n) is 1.36. The highest BCUT2D eigenvalue weighted by molar-refractivity contribution is 9.10.